The molecule has 0 aromatic heterocycles. The highest BCUT2D eigenvalue weighted by molar-refractivity contribution is 4.85. The van der Waals surface area contributed by atoms with Crippen molar-refractivity contribution in [1.82, 2.24) is 9.80 Å². The molecule has 2 fully saturated rings. The minimum absolute atomic E-state index is 0.484. The fourth-order valence-electron chi connectivity index (χ4n) is 3.47. The van der Waals surface area contributed by atoms with Gasteiger partial charge in [0.25, 0.3) is 0 Å². The van der Waals surface area contributed by atoms with Gasteiger partial charge in [-0.1, -0.05) is 6.42 Å². The Balaban J connectivity index is 1.76. The van der Waals surface area contributed by atoms with Gasteiger partial charge in [0.05, 0.1) is 0 Å². The number of piperazine rings is 1. The third kappa shape index (κ3) is 3.21. The zero-order valence-corrected chi connectivity index (χ0v) is 11.7. The van der Waals surface area contributed by atoms with E-state index in [0.717, 1.165) is 5.92 Å². The van der Waals surface area contributed by atoms with E-state index < -0.39 is 0 Å². The van der Waals surface area contributed by atoms with Gasteiger partial charge in [-0.05, 0) is 52.6 Å². The topological polar surface area (TPSA) is 32.5 Å². The van der Waals surface area contributed by atoms with E-state index in [1.54, 1.807) is 0 Å². The molecule has 4 unspecified atom stereocenters. The quantitative estimate of drug-likeness (QED) is 0.810. The fraction of sp³-hybridized carbons (Fsp3) is 1.00. The SMILES string of the molecule is CC1CN(CCC2CCCC2N)CC(C)N1C. The van der Waals surface area contributed by atoms with Crippen LogP contribution in [-0.4, -0.2) is 54.6 Å². The van der Waals surface area contributed by atoms with Crippen LogP contribution in [0.15, 0.2) is 0 Å². The minimum Gasteiger partial charge on any atom is -0.327 e. The van der Waals surface area contributed by atoms with Gasteiger partial charge in [0.15, 0.2) is 0 Å². The molecule has 4 atom stereocenters. The van der Waals surface area contributed by atoms with Crippen molar-refractivity contribution < 1.29 is 0 Å². The lowest BCUT2D eigenvalue weighted by atomic mass is 9.99. The summed E-state index contributed by atoms with van der Waals surface area (Å²) in [4.78, 5) is 5.14. The molecular weight excluding hydrogens is 210 g/mol. The van der Waals surface area contributed by atoms with E-state index in [-0.39, 0.29) is 0 Å². The number of hydrogen-bond acceptors (Lipinski definition) is 3. The van der Waals surface area contributed by atoms with Crippen molar-refractivity contribution in [2.75, 3.05) is 26.7 Å². The maximum atomic E-state index is 6.14. The van der Waals surface area contributed by atoms with Crippen LogP contribution < -0.4 is 5.73 Å². The maximum absolute atomic E-state index is 6.14. The van der Waals surface area contributed by atoms with Crippen molar-refractivity contribution in [3.63, 3.8) is 0 Å². The van der Waals surface area contributed by atoms with Crippen LogP contribution in [0.2, 0.25) is 0 Å². The lowest BCUT2D eigenvalue weighted by molar-refractivity contribution is 0.0565. The van der Waals surface area contributed by atoms with E-state index in [2.05, 4.69) is 30.7 Å². The summed E-state index contributed by atoms with van der Waals surface area (Å²) in [6.45, 7) is 8.38. The Bertz CT molecular complexity index is 232. The summed E-state index contributed by atoms with van der Waals surface area (Å²) in [6, 6.07) is 1.87. The van der Waals surface area contributed by atoms with Crippen molar-refractivity contribution in [2.45, 2.75) is 57.7 Å². The lowest BCUT2D eigenvalue weighted by Gasteiger charge is -2.42. The Morgan fingerprint density at radius 3 is 2.29 bits per heavy atom. The van der Waals surface area contributed by atoms with Gasteiger partial charge < -0.3 is 10.6 Å². The third-order valence-corrected chi connectivity index (χ3v) is 4.97. The first kappa shape index (κ1) is 13.3. The standard InChI is InChI=1S/C14H29N3/c1-11-9-17(10-12(2)16(11)3)8-7-13-5-4-6-14(13)15/h11-14H,4-10,15H2,1-3H3. The molecule has 1 heterocycles. The molecule has 1 saturated heterocycles. The second kappa shape index (κ2) is 5.68. The zero-order chi connectivity index (χ0) is 12.4. The molecule has 1 aliphatic heterocycles. The molecule has 0 spiro atoms. The lowest BCUT2D eigenvalue weighted by Crippen LogP contribution is -2.55. The molecule has 0 amide bonds. The normalized spacial score (nSPS) is 40.9. The first-order valence-electron chi connectivity index (χ1n) is 7.27. The van der Waals surface area contributed by atoms with E-state index in [4.69, 9.17) is 5.73 Å². The summed E-state index contributed by atoms with van der Waals surface area (Å²) < 4.78 is 0. The summed E-state index contributed by atoms with van der Waals surface area (Å²) in [6.07, 6.45) is 5.27. The number of hydrogen-bond donors (Lipinski definition) is 1. The molecule has 2 N–H and O–H groups in total. The van der Waals surface area contributed by atoms with Gasteiger partial charge in [-0.2, -0.15) is 0 Å². The average molecular weight is 239 g/mol. The summed E-state index contributed by atoms with van der Waals surface area (Å²) >= 11 is 0. The predicted molar refractivity (Wildman–Crippen MR) is 73.1 cm³/mol. The summed E-state index contributed by atoms with van der Waals surface area (Å²) in [7, 11) is 2.25. The third-order valence-electron chi connectivity index (χ3n) is 4.97. The smallest absolute Gasteiger partial charge is 0.0195 e. The largest absolute Gasteiger partial charge is 0.327 e. The average Bonchev–Trinajstić information content (AvgIpc) is 2.69. The minimum atomic E-state index is 0.484. The molecule has 0 aromatic carbocycles. The summed E-state index contributed by atoms with van der Waals surface area (Å²) in [5.74, 6) is 0.792. The molecule has 3 heteroatoms. The highest BCUT2D eigenvalue weighted by Crippen LogP contribution is 2.27. The van der Waals surface area contributed by atoms with Crippen LogP contribution in [0.25, 0.3) is 0 Å². The zero-order valence-electron chi connectivity index (χ0n) is 11.7. The molecule has 0 aromatic rings. The molecule has 1 aliphatic carbocycles. The molecule has 2 aliphatic rings. The number of rotatable bonds is 3. The molecule has 0 radical (unpaired) electrons. The summed E-state index contributed by atoms with van der Waals surface area (Å²) in [5.41, 5.74) is 6.14. The van der Waals surface area contributed by atoms with Gasteiger partial charge in [-0.15, -0.1) is 0 Å². The van der Waals surface area contributed by atoms with Crippen LogP contribution in [0.1, 0.15) is 39.5 Å². The van der Waals surface area contributed by atoms with Crippen molar-refractivity contribution in [3.05, 3.63) is 0 Å². The van der Waals surface area contributed by atoms with Crippen LogP contribution in [-0.2, 0) is 0 Å². The maximum Gasteiger partial charge on any atom is 0.0195 e. The van der Waals surface area contributed by atoms with Crippen LogP contribution >= 0.6 is 0 Å². The van der Waals surface area contributed by atoms with Gasteiger partial charge in [-0.3, -0.25) is 4.90 Å². The molecule has 1 saturated carbocycles. The number of nitrogens with zero attached hydrogens (tertiary/aromatic N) is 2. The molecule has 2 rings (SSSR count). The van der Waals surface area contributed by atoms with Gasteiger partial charge in [0.1, 0.15) is 0 Å². The Labute approximate surface area is 106 Å². The number of likely N-dealkylation sites (N-methyl/N-ethyl adjacent to an activating group) is 1. The monoisotopic (exact) mass is 239 g/mol. The highest BCUT2D eigenvalue weighted by atomic mass is 15.3. The second-order valence-corrected chi connectivity index (χ2v) is 6.27. The van der Waals surface area contributed by atoms with Gasteiger partial charge in [0, 0.05) is 31.2 Å². The van der Waals surface area contributed by atoms with Crippen LogP contribution in [0, 0.1) is 5.92 Å². The van der Waals surface area contributed by atoms with E-state index in [1.807, 2.05) is 0 Å². The van der Waals surface area contributed by atoms with E-state index in [0.29, 0.717) is 18.1 Å². The molecule has 3 nitrogen and oxygen atoms in total. The van der Waals surface area contributed by atoms with Crippen molar-refractivity contribution in [3.8, 4) is 0 Å². The molecule has 100 valence electrons. The Hall–Kier alpha value is -0.120. The van der Waals surface area contributed by atoms with Crippen LogP contribution in [0.3, 0.4) is 0 Å². The van der Waals surface area contributed by atoms with Crippen molar-refractivity contribution in [1.29, 1.82) is 0 Å². The first-order chi connectivity index (χ1) is 8.08. The predicted octanol–water partition coefficient (Wildman–Crippen LogP) is 1.53. The highest BCUT2D eigenvalue weighted by Gasteiger charge is 2.28. The molecule has 17 heavy (non-hydrogen) atoms. The van der Waals surface area contributed by atoms with Crippen LogP contribution in [0.5, 0.6) is 0 Å². The van der Waals surface area contributed by atoms with Crippen LogP contribution in [0.4, 0.5) is 0 Å². The molecular formula is C14H29N3. The van der Waals surface area contributed by atoms with E-state index in [1.165, 1.54) is 45.3 Å². The van der Waals surface area contributed by atoms with E-state index >= 15 is 0 Å². The fourth-order valence-corrected chi connectivity index (χ4v) is 3.47. The second-order valence-electron chi connectivity index (χ2n) is 6.27. The van der Waals surface area contributed by atoms with Crippen molar-refractivity contribution in [2.24, 2.45) is 11.7 Å². The van der Waals surface area contributed by atoms with Gasteiger partial charge in [0.2, 0.25) is 0 Å². The van der Waals surface area contributed by atoms with E-state index in [9.17, 15) is 0 Å². The molecule has 0 bridgehead atoms. The Kier molecular flexibility index (Phi) is 4.45. The Morgan fingerprint density at radius 1 is 1.12 bits per heavy atom. The van der Waals surface area contributed by atoms with Crippen molar-refractivity contribution >= 4 is 0 Å². The Morgan fingerprint density at radius 2 is 1.76 bits per heavy atom. The summed E-state index contributed by atoms with van der Waals surface area (Å²) in [5, 5.41) is 0. The van der Waals surface area contributed by atoms with Gasteiger partial charge in [-0.25, -0.2) is 0 Å². The first-order valence-corrected chi connectivity index (χ1v) is 7.27. The number of nitrogens with two attached hydrogens (primary N) is 1. The van der Waals surface area contributed by atoms with Gasteiger partial charge >= 0.3 is 0 Å².